The zero-order valence-electron chi connectivity index (χ0n) is 18.3. The van der Waals surface area contributed by atoms with Crippen LogP contribution in [-0.2, 0) is 19.9 Å². The van der Waals surface area contributed by atoms with Crippen LogP contribution in [0.25, 0.3) is 0 Å². The first-order chi connectivity index (χ1) is 16.5. The van der Waals surface area contributed by atoms with Crippen LogP contribution < -0.4 is 14.2 Å². The normalized spacial score (nSPS) is 16.3. The molecule has 0 saturated carbocycles. The van der Waals surface area contributed by atoms with Gasteiger partial charge >= 0.3 is 11.9 Å². The monoisotopic (exact) mass is 456 g/mol. The van der Waals surface area contributed by atoms with Crippen LogP contribution in [0.2, 0.25) is 0 Å². The van der Waals surface area contributed by atoms with Crippen molar-refractivity contribution in [3.8, 4) is 23.0 Å². The number of rotatable bonds is 4. The molecule has 7 heteroatoms. The largest absolute Gasteiger partial charge is 0.497 e. The van der Waals surface area contributed by atoms with Crippen molar-refractivity contribution in [1.82, 2.24) is 0 Å². The second kappa shape index (κ2) is 9.07. The van der Waals surface area contributed by atoms with E-state index in [1.807, 2.05) is 18.2 Å². The molecule has 0 fully saturated rings. The van der Waals surface area contributed by atoms with Crippen LogP contribution in [0.3, 0.4) is 0 Å². The lowest BCUT2D eigenvalue weighted by Crippen LogP contribution is -2.33. The van der Waals surface area contributed by atoms with Crippen LogP contribution in [0.5, 0.6) is 23.0 Å². The van der Waals surface area contributed by atoms with Crippen LogP contribution >= 0.6 is 0 Å². The lowest BCUT2D eigenvalue weighted by atomic mass is 9.77. The molecule has 34 heavy (non-hydrogen) atoms. The highest BCUT2D eigenvalue weighted by Gasteiger charge is 2.53. The summed E-state index contributed by atoms with van der Waals surface area (Å²) in [6.45, 7) is 6.52. The first kappa shape index (κ1) is 22.5. The van der Waals surface area contributed by atoms with E-state index in [9.17, 15) is 9.59 Å². The number of allylic oxidation sites excluding steroid dienone is 1. The van der Waals surface area contributed by atoms with Crippen LogP contribution in [-0.4, -0.2) is 25.3 Å². The van der Waals surface area contributed by atoms with Gasteiger partial charge in [-0.2, -0.15) is 0 Å². The molecule has 7 nitrogen and oxygen atoms in total. The van der Waals surface area contributed by atoms with E-state index < -0.39 is 17.5 Å². The molecule has 2 aliphatic rings. The Balaban J connectivity index is 0.000000636. The molecule has 3 aromatic carbocycles. The highest BCUT2D eigenvalue weighted by atomic mass is 16.6. The summed E-state index contributed by atoms with van der Waals surface area (Å²) in [6.07, 6.45) is 2.91. The number of esters is 2. The molecule has 1 atom stereocenters. The summed E-state index contributed by atoms with van der Waals surface area (Å²) in [5.41, 5.74) is 1.36. The van der Waals surface area contributed by atoms with Gasteiger partial charge in [0, 0.05) is 34.9 Å². The number of methoxy groups -OCH3 is 1. The van der Waals surface area contributed by atoms with Crippen molar-refractivity contribution in [3.05, 3.63) is 108 Å². The molecule has 0 saturated heterocycles. The van der Waals surface area contributed by atoms with Crippen molar-refractivity contribution >= 4 is 18.2 Å². The molecule has 0 N–H and O–H groups in total. The Labute approximate surface area is 195 Å². The first-order valence-corrected chi connectivity index (χ1v) is 10.2. The topological polar surface area (TPSA) is 88.1 Å². The predicted molar refractivity (Wildman–Crippen MR) is 123 cm³/mol. The van der Waals surface area contributed by atoms with Gasteiger partial charge in [-0.05, 0) is 36.4 Å². The highest BCUT2D eigenvalue weighted by molar-refractivity contribution is 5.97. The molecule has 1 spiro atoms. The van der Waals surface area contributed by atoms with Crippen LogP contribution in [0.4, 0.5) is 0 Å². The zero-order valence-corrected chi connectivity index (χ0v) is 18.3. The lowest BCUT2D eigenvalue weighted by Gasteiger charge is -2.36. The van der Waals surface area contributed by atoms with E-state index in [0.29, 0.717) is 40.2 Å². The van der Waals surface area contributed by atoms with Crippen molar-refractivity contribution in [2.75, 3.05) is 7.11 Å². The summed E-state index contributed by atoms with van der Waals surface area (Å²) in [5, 5.41) is 0. The quantitative estimate of drug-likeness (QED) is 0.243. The fourth-order valence-electron chi connectivity index (χ4n) is 3.98. The van der Waals surface area contributed by atoms with Crippen molar-refractivity contribution in [3.63, 3.8) is 0 Å². The molecule has 170 valence electrons. The van der Waals surface area contributed by atoms with E-state index in [2.05, 4.69) is 13.2 Å². The minimum atomic E-state index is -1.18. The third kappa shape index (κ3) is 3.63. The summed E-state index contributed by atoms with van der Waals surface area (Å²) in [7, 11) is 1.56. The molecular formula is C27H20O7. The SMILES string of the molecule is C=CC(=O)Oc1ccc2c(c1)Oc1cc(OC)ccc1C21OC(=O)c2ccccc21.C=CC=O. The standard InChI is InChI=1S/C24H16O6.C3H4O/c1-3-22(25)28-15-9-11-19-21(13-15)29-20-12-14(27-2)8-10-18(20)24(19)17-7-5-4-6-16(17)23(26)30-24;1-2-3-4/h3-13H,1H2,2H3;2-3H,1H2. The average Bonchev–Trinajstić information content (AvgIpc) is 3.16. The molecule has 0 amide bonds. The van der Waals surface area contributed by atoms with Gasteiger partial charge in [-0.1, -0.05) is 31.4 Å². The van der Waals surface area contributed by atoms with Crippen LogP contribution in [0.1, 0.15) is 27.0 Å². The Kier molecular flexibility index (Phi) is 6.01. The number of carbonyl (C=O) groups excluding carboxylic acids is 3. The van der Waals surface area contributed by atoms with Crippen molar-refractivity contribution < 1.29 is 33.3 Å². The molecule has 3 aromatic rings. The maximum atomic E-state index is 12.8. The summed E-state index contributed by atoms with van der Waals surface area (Å²) in [6, 6.07) is 17.6. The smallest absolute Gasteiger partial charge is 0.340 e. The zero-order chi connectivity index (χ0) is 24.3. The third-order valence-corrected chi connectivity index (χ3v) is 5.37. The van der Waals surface area contributed by atoms with E-state index in [0.717, 1.165) is 11.6 Å². The number of fused-ring (bicyclic) bond motifs is 6. The number of hydrogen-bond donors (Lipinski definition) is 0. The first-order valence-electron chi connectivity index (χ1n) is 10.2. The van der Waals surface area contributed by atoms with Crippen molar-refractivity contribution in [2.24, 2.45) is 0 Å². The summed E-state index contributed by atoms with van der Waals surface area (Å²) >= 11 is 0. The van der Waals surface area contributed by atoms with Crippen molar-refractivity contribution in [1.29, 1.82) is 0 Å². The number of ether oxygens (including phenoxy) is 4. The minimum Gasteiger partial charge on any atom is -0.497 e. The summed E-state index contributed by atoms with van der Waals surface area (Å²) < 4.78 is 22.7. The van der Waals surface area contributed by atoms with Gasteiger partial charge in [-0.15, -0.1) is 0 Å². The second-order valence-electron chi connectivity index (χ2n) is 7.24. The van der Waals surface area contributed by atoms with Gasteiger partial charge in [0.25, 0.3) is 0 Å². The number of carbonyl (C=O) groups is 3. The summed E-state index contributed by atoms with van der Waals surface area (Å²) in [5.74, 6) is 0.785. The maximum absolute atomic E-state index is 12.8. The highest BCUT2D eigenvalue weighted by Crippen LogP contribution is 2.56. The van der Waals surface area contributed by atoms with Gasteiger partial charge in [0.15, 0.2) is 5.60 Å². The second-order valence-corrected chi connectivity index (χ2v) is 7.24. The molecule has 0 bridgehead atoms. The van der Waals surface area contributed by atoms with Gasteiger partial charge in [-0.25, -0.2) is 9.59 Å². The van der Waals surface area contributed by atoms with Gasteiger partial charge in [0.2, 0.25) is 0 Å². The molecular weight excluding hydrogens is 436 g/mol. The predicted octanol–water partition coefficient (Wildman–Crippen LogP) is 4.73. The Morgan fingerprint density at radius 2 is 1.56 bits per heavy atom. The minimum absolute atomic E-state index is 0.290. The molecule has 0 radical (unpaired) electrons. The van der Waals surface area contributed by atoms with E-state index in [-0.39, 0.29) is 5.75 Å². The fraction of sp³-hybridized carbons (Fsp3) is 0.0741. The van der Waals surface area contributed by atoms with E-state index in [1.165, 1.54) is 6.08 Å². The molecule has 2 heterocycles. The van der Waals surface area contributed by atoms with Crippen LogP contribution in [0, 0.1) is 0 Å². The molecule has 0 aliphatic carbocycles. The van der Waals surface area contributed by atoms with E-state index in [4.69, 9.17) is 23.7 Å². The fourth-order valence-corrected chi connectivity index (χ4v) is 3.98. The number of benzene rings is 3. The van der Waals surface area contributed by atoms with E-state index >= 15 is 0 Å². The Bertz CT molecular complexity index is 1320. The number of hydrogen-bond acceptors (Lipinski definition) is 7. The molecule has 1 unspecified atom stereocenters. The average molecular weight is 456 g/mol. The van der Waals surface area contributed by atoms with E-state index in [1.54, 1.807) is 49.6 Å². The van der Waals surface area contributed by atoms with Gasteiger partial charge in [-0.3, -0.25) is 4.79 Å². The Morgan fingerprint density at radius 1 is 0.941 bits per heavy atom. The number of aldehydes is 1. The Hall–Kier alpha value is -4.65. The van der Waals surface area contributed by atoms with Crippen molar-refractivity contribution in [2.45, 2.75) is 5.60 Å². The third-order valence-electron chi connectivity index (χ3n) is 5.37. The molecule has 2 aliphatic heterocycles. The lowest BCUT2D eigenvalue weighted by molar-refractivity contribution is -0.129. The van der Waals surface area contributed by atoms with Gasteiger partial charge in [0.1, 0.15) is 29.3 Å². The Morgan fingerprint density at radius 3 is 2.18 bits per heavy atom. The summed E-state index contributed by atoms with van der Waals surface area (Å²) in [4.78, 5) is 33.4. The molecule has 5 rings (SSSR count). The van der Waals surface area contributed by atoms with Gasteiger partial charge < -0.3 is 18.9 Å². The van der Waals surface area contributed by atoms with Gasteiger partial charge in [0.05, 0.1) is 12.7 Å². The maximum Gasteiger partial charge on any atom is 0.340 e. The van der Waals surface area contributed by atoms with Crippen LogP contribution in [0.15, 0.2) is 86.0 Å². The molecule has 0 aromatic heterocycles.